The van der Waals surface area contributed by atoms with Crippen molar-refractivity contribution in [1.82, 2.24) is 12.3 Å². The van der Waals surface area contributed by atoms with E-state index in [-0.39, 0.29) is 180 Å². The quantitative estimate of drug-likeness (QED) is 0.142. The molecule has 15 heteroatoms. The molecule has 2 unspecified atom stereocenters. The van der Waals surface area contributed by atoms with Gasteiger partial charge < -0.3 is 19.4 Å². The first-order chi connectivity index (χ1) is 6.63. The summed E-state index contributed by atoms with van der Waals surface area (Å²) in [5, 5.41) is 0. The minimum Gasteiger partial charge on any atom is -1.00 e. The maximum Gasteiger partial charge on any atom is 1.00 e. The third kappa shape index (κ3) is 67.8. The molecule has 0 aliphatic heterocycles. The Kier molecular flexibility index (Phi) is 133. The molecule has 0 bridgehead atoms. The van der Waals surface area contributed by atoms with Gasteiger partial charge in [-0.25, -0.2) is 0 Å². The zero-order valence-electron chi connectivity index (χ0n) is 19.1. The van der Waals surface area contributed by atoms with E-state index in [0.717, 1.165) is 0 Å². The Morgan fingerprint density at radius 1 is 0.762 bits per heavy atom. The molecule has 0 rings (SSSR count). The molecule has 0 aromatic carbocycles. The number of rotatable bonds is 7. The molecule has 0 aromatic heterocycles. The Labute approximate surface area is 246 Å². The van der Waals surface area contributed by atoms with Crippen molar-refractivity contribution in [3.05, 3.63) is 13.2 Å². The number of hydrogen-bond acceptors (Lipinski definition) is 6. The van der Waals surface area contributed by atoms with Crippen molar-refractivity contribution in [1.29, 1.82) is 0 Å². The van der Waals surface area contributed by atoms with Crippen molar-refractivity contribution in [2.24, 2.45) is 0 Å². The van der Waals surface area contributed by atoms with E-state index in [1.54, 1.807) is 0 Å². The topological polar surface area (TPSA) is 163 Å². The molecule has 21 heavy (non-hydrogen) atoms. The van der Waals surface area contributed by atoms with Crippen LogP contribution >= 0.6 is 16.5 Å². The van der Waals surface area contributed by atoms with Gasteiger partial charge in [0.15, 0.2) is 0 Å². The molecule has 0 saturated heterocycles. The van der Waals surface area contributed by atoms with Crippen molar-refractivity contribution in [2.45, 2.75) is 12.8 Å². The Bertz CT molecular complexity index is 199. The van der Waals surface area contributed by atoms with Crippen LogP contribution in [0.25, 0.3) is 0 Å². The van der Waals surface area contributed by atoms with Gasteiger partial charge in [-0.05, 0) is 12.8 Å². The van der Waals surface area contributed by atoms with E-state index in [2.05, 4.69) is 22.2 Å². The van der Waals surface area contributed by atoms with Crippen LogP contribution in [0.5, 0.6) is 0 Å². The summed E-state index contributed by atoms with van der Waals surface area (Å²) in [6.07, 6.45) is 1.04. The Balaban J connectivity index is -0.00000000827. The van der Waals surface area contributed by atoms with Gasteiger partial charge in [0.1, 0.15) is 13.2 Å². The monoisotopic (exact) mass is 398 g/mol. The SMILES string of the molecule is C=C.N.N.O=[P+](O)OCCCCO[P+](=O)O.[H-].[H-].[H-].[H-].[H-].[Na+].[Na+].[Na+].[Na+].[Na+]. The summed E-state index contributed by atoms with van der Waals surface area (Å²) in [6, 6.07) is 0. The standard InChI is InChI=1S/C4H8O6P2.C2H4.2H3N.5Na.5H/c5-11(6)9-3-1-2-4-10-12(7)8;1-2;;;;;;;;;;;;/h1-4H2;1-2H2;2*1H3;;;;;;;;;;/q;;;;5*+1;5*-1/p+2. The second kappa shape index (κ2) is 49.7. The molecule has 108 valence electrons. The van der Waals surface area contributed by atoms with Gasteiger partial charge in [0.25, 0.3) is 0 Å². The van der Waals surface area contributed by atoms with Crippen molar-refractivity contribution >= 4 is 16.5 Å². The molecule has 0 saturated carbocycles. The van der Waals surface area contributed by atoms with E-state index in [9.17, 15) is 9.13 Å². The summed E-state index contributed by atoms with van der Waals surface area (Å²) in [5.41, 5.74) is 0. The number of unbranched alkanes of at least 4 members (excludes halogenated alkanes) is 1. The largest absolute Gasteiger partial charge is 1.00 e. The molecule has 0 aromatic rings. The van der Waals surface area contributed by atoms with Crippen LogP contribution < -0.4 is 160 Å². The molecule has 0 aliphatic rings. The number of hydrogen-bond donors (Lipinski definition) is 4. The van der Waals surface area contributed by atoms with E-state index in [1.165, 1.54) is 0 Å². The molecule has 0 radical (unpaired) electrons. The average molecular weight is 398 g/mol. The smallest absolute Gasteiger partial charge is 1.00 e. The van der Waals surface area contributed by atoms with Crippen LogP contribution in [0.2, 0.25) is 0 Å². The van der Waals surface area contributed by atoms with Gasteiger partial charge in [-0.1, -0.05) is 0 Å². The molecule has 0 heterocycles. The van der Waals surface area contributed by atoms with Crippen molar-refractivity contribution in [3.8, 4) is 0 Å². The van der Waals surface area contributed by atoms with E-state index in [1.807, 2.05) is 0 Å². The van der Waals surface area contributed by atoms with E-state index in [4.69, 9.17) is 9.79 Å². The average Bonchev–Trinajstić information content (AvgIpc) is 2.13. The summed E-state index contributed by atoms with van der Waals surface area (Å²) in [4.78, 5) is 16.3. The summed E-state index contributed by atoms with van der Waals surface area (Å²) < 4.78 is 28.5. The third-order valence-electron chi connectivity index (χ3n) is 0.942. The van der Waals surface area contributed by atoms with Crippen molar-refractivity contribution in [2.75, 3.05) is 13.2 Å². The second-order valence-corrected chi connectivity index (χ2v) is 3.32. The van der Waals surface area contributed by atoms with Gasteiger partial charge in [-0.3, -0.25) is 0 Å². The zero-order valence-corrected chi connectivity index (χ0v) is 25.9. The fourth-order valence-corrected chi connectivity index (χ4v) is 1.06. The molecule has 0 aliphatic carbocycles. The minimum atomic E-state index is -2.53. The van der Waals surface area contributed by atoms with Gasteiger partial charge in [-0.15, -0.1) is 32.0 Å². The van der Waals surface area contributed by atoms with Crippen LogP contribution in [0, 0.1) is 0 Å². The molecule has 8 N–H and O–H groups in total. The summed E-state index contributed by atoms with van der Waals surface area (Å²) in [5.74, 6) is 0. The normalized spacial score (nSPS) is 7.52. The van der Waals surface area contributed by atoms with Crippen LogP contribution in [-0.2, 0) is 18.2 Å². The van der Waals surface area contributed by atoms with Crippen LogP contribution in [-0.4, -0.2) is 23.0 Å². The molecule has 0 spiro atoms. The minimum absolute atomic E-state index is 0. The second-order valence-electron chi connectivity index (χ2n) is 1.85. The first-order valence-electron chi connectivity index (χ1n) is 3.71. The molecule has 0 amide bonds. The van der Waals surface area contributed by atoms with Crippen LogP contribution in [0.1, 0.15) is 20.0 Å². The van der Waals surface area contributed by atoms with Gasteiger partial charge in [-0.2, -0.15) is 0 Å². The first-order valence-corrected chi connectivity index (χ1v) is 5.97. The van der Waals surface area contributed by atoms with Gasteiger partial charge >= 0.3 is 164 Å². The molecule has 0 fully saturated rings. The summed E-state index contributed by atoms with van der Waals surface area (Å²) >= 11 is 0. The third-order valence-corrected chi connectivity index (χ3v) is 1.75. The van der Waals surface area contributed by atoms with Crippen molar-refractivity contribution in [3.63, 3.8) is 0 Å². The zero-order chi connectivity index (χ0) is 11.4. The molecular weight excluding hydrogens is 373 g/mol. The first kappa shape index (κ1) is 56.2. The molecule has 2 atom stereocenters. The van der Waals surface area contributed by atoms with Crippen LogP contribution in [0.4, 0.5) is 0 Å². The molecule has 8 nitrogen and oxygen atoms in total. The fraction of sp³-hybridized carbons (Fsp3) is 0.667. The summed E-state index contributed by atoms with van der Waals surface area (Å²) in [7, 11) is -5.06. The Morgan fingerprint density at radius 3 is 1.10 bits per heavy atom. The fourth-order valence-electron chi connectivity index (χ4n) is 0.489. The van der Waals surface area contributed by atoms with Gasteiger partial charge in [0, 0.05) is 9.13 Å². The van der Waals surface area contributed by atoms with E-state index < -0.39 is 16.5 Å². The Hall–Kier alpha value is 4.70. The Morgan fingerprint density at radius 2 is 0.952 bits per heavy atom. The maximum absolute atomic E-state index is 9.95. The van der Waals surface area contributed by atoms with Gasteiger partial charge in [0.05, 0.1) is 0 Å². The maximum atomic E-state index is 9.95. The van der Waals surface area contributed by atoms with E-state index in [0.29, 0.717) is 12.8 Å². The van der Waals surface area contributed by atoms with Crippen LogP contribution in [0.3, 0.4) is 0 Å². The predicted molar refractivity (Wildman–Crippen MR) is 67.6 cm³/mol. The van der Waals surface area contributed by atoms with Crippen molar-refractivity contribution < 1.29 is 183 Å². The molecular formula is C6H25N2Na5O6P2+2. The van der Waals surface area contributed by atoms with Gasteiger partial charge in [0.2, 0.25) is 0 Å². The van der Waals surface area contributed by atoms with E-state index >= 15 is 0 Å². The predicted octanol–water partition coefficient (Wildman–Crippen LogP) is -12.2. The summed E-state index contributed by atoms with van der Waals surface area (Å²) in [6.45, 7) is 6.30. The van der Waals surface area contributed by atoms with Crippen LogP contribution in [0.15, 0.2) is 13.2 Å².